The molecule has 2 aromatic rings. The molecule has 0 unspecified atom stereocenters. The third kappa shape index (κ3) is 2.67. The van der Waals surface area contributed by atoms with Gasteiger partial charge in [-0.05, 0) is 52.8 Å². The van der Waals surface area contributed by atoms with Crippen LogP contribution in [0, 0.1) is 6.92 Å². The van der Waals surface area contributed by atoms with Crippen LogP contribution in [0.1, 0.15) is 45.1 Å². The maximum atomic E-state index is 12.3. The number of pyridine rings is 1. The van der Waals surface area contributed by atoms with Gasteiger partial charge in [0.15, 0.2) is 0 Å². The lowest BCUT2D eigenvalue weighted by atomic mass is 10.2. The van der Waals surface area contributed by atoms with Crippen molar-refractivity contribution in [1.29, 1.82) is 0 Å². The minimum Gasteiger partial charge on any atom is -0.444 e. The van der Waals surface area contributed by atoms with E-state index in [0.717, 1.165) is 22.4 Å². The third-order valence-electron chi connectivity index (χ3n) is 3.83. The Balaban J connectivity index is 1.93. The predicted octanol–water partition coefficient (Wildman–Crippen LogP) is 3.66. The monoisotopic (exact) mass is 301 g/mol. The Morgan fingerprint density at radius 2 is 2.09 bits per heavy atom. The van der Waals surface area contributed by atoms with Gasteiger partial charge in [0.1, 0.15) is 11.2 Å². The first-order valence-corrected chi connectivity index (χ1v) is 7.70. The number of aryl methyl sites for hydroxylation is 1. The second-order valence-electron chi connectivity index (χ2n) is 7.08. The summed E-state index contributed by atoms with van der Waals surface area (Å²) in [6.07, 6.45) is -0.250. The lowest BCUT2D eigenvalue weighted by Gasteiger charge is -2.34. The van der Waals surface area contributed by atoms with Gasteiger partial charge in [0.25, 0.3) is 0 Å². The molecular formula is C17H23N3O2. The Labute approximate surface area is 130 Å². The highest BCUT2D eigenvalue weighted by Gasteiger charge is 2.30. The van der Waals surface area contributed by atoms with Gasteiger partial charge in [0.05, 0.1) is 12.6 Å². The Morgan fingerprint density at radius 3 is 2.77 bits per heavy atom. The van der Waals surface area contributed by atoms with Gasteiger partial charge in [-0.1, -0.05) is 0 Å². The molecule has 0 N–H and O–H groups in total. The summed E-state index contributed by atoms with van der Waals surface area (Å²) in [5, 5.41) is 1.12. The topological polar surface area (TPSA) is 47.4 Å². The van der Waals surface area contributed by atoms with Crippen LogP contribution in [0.15, 0.2) is 18.2 Å². The van der Waals surface area contributed by atoms with Gasteiger partial charge in [0.2, 0.25) is 0 Å². The van der Waals surface area contributed by atoms with Crippen LogP contribution in [0.5, 0.6) is 0 Å². The van der Waals surface area contributed by atoms with E-state index in [0.29, 0.717) is 13.1 Å². The first-order valence-electron chi connectivity index (χ1n) is 7.70. The smallest absolute Gasteiger partial charge is 0.410 e. The van der Waals surface area contributed by atoms with Gasteiger partial charge in [-0.15, -0.1) is 0 Å². The number of hydrogen-bond acceptors (Lipinski definition) is 3. The Morgan fingerprint density at radius 1 is 1.36 bits per heavy atom. The van der Waals surface area contributed by atoms with Crippen LogP contribution in [0.3, 0.4) is 0 Å². The minimum atomic E-state index is -0.469. The highest BCUT2D eigenvalue weighted by Crippen LogP contribution is 2.29. The molecule has 0 aliphatic carbocycles. The van der Waals surface area contributed by atoms with Gasteiger partial charge in [-0.2, -0.15) is 0 Å². The highest BCUT2D eigenvalue weighted by molar-refractivity contribution is 5.78. The molecule has 3 heterocycles. The van der Waals surface area contributed by atoms with Crippen molar-refractivity contribution >= 4 is 17.1 Å². The largest absolute Gasteiger partial charge is 0.444 e. The number of hydrogen-bond donors (Lipinski definition) is 0. The zero-order valence-corrected chi connectivity index (χ0v) is 13.9. The normalized spacial score (nSPS) is 18.4. The number of carbonyl (C=O) groups is 1. The molecule has 0 spiro atoms. The van der Waals surface area contributed by atoms with Crippen LogP contribution in [0.4, 0.5) is 4.79 Å². The van der Waals surface area contributed by atoms with Crippen molar-refractivity contribution in [3.63, 3.8) is 0 Å². The molecule has 1 amide bonds. The molecule has 0 saturated heterocycles. The fourth-order valence-electron chi connectivity index (χ4n) is 2.98. The Bertz CT molecular complexity index is 727. The van der Waals surface area contributed by atoms with Crippen LogP contribution in [0.2, 0.25) is 0 Å². The fraction of sp³-hybridized carbons (Fsp3) is 0.529. The molecule has 0 radical (unpaired) electrons. The molecule has 2 aromatic heterocycles. The first kappa shape index (κ1) is 14.9. The maximum absolute atomic E-state index is 12.3. The average Bonchev–Trinajstić information content (AvgIpc) is 2.74. The number of fused-ring (bicyclic) bond motifs is 3. The second-order valence-corrected chi connectivity index (χ2v) is 7.08. The van der Waals surface area contributed by atoms with Crippen LogP contribution < -0.4 is 0 Å². The molecule has 0 fully saturated rings. The van der Waals surface area contributed by atoms with Crippen molar-refractivity contribution in [3.05, 3.63) is 29.6 Å². The zero-order valence-electron chi connectivity index (χ0n) is 13.9. The van der Waals surface area contributed by atoms with Crippen molar-refractivity contribution in [2.45, 2.75) is 52.8 Å². The summed E-state index contributed by atoms with van der Waals surface area (Å²) in [7, 11) is 0. The Kier molecular flexibility index (Phi) is 3.38. The summed E-state index contributed by atoms with van der Waals surface area (Å²) < 4.78 is 7.74. The molecule has 1 aliphatic rings. The number of aromatic nitrogens is 2. The van der Waals surface area contributed by atoms with Gasteiger partial charge >= 0.3 is 6.09 Å². The number of ether oxygens (including phenoxy) is 1. The molecule has 5 heteroatoms. The van der Waals surface area contributed by atoms with Crippen LogP contribution in [0.25, 0.3) is 11.0 Å². The number of carbonyl (C=O) groups excluding carboxylic acids is 1. The van der Waals surface area contributed by atoms with Crippen molar-refractivity contribution in [1.82, 2.24) is 14.5 Å². The summed E-state index contributed by atoms with van der Waals surface area (Å²) in [6.45, 7) is 11.0. The number of nitrogens with zero attached hydrogens (tertiary/aromatic N) is 3. The summed E-state index contributed by atoms with van der Waals surface area (Å²) in [4.78, 5) is 18.7. The number of amides is 1. The lowest BCUT2D eigenvalue weighted by Crippen LogP contribution is -2.42. The molecule has 0 saturated carbocycles. The van der Waals surface area contributed by atoms with Gasteiger partial charge < -0.3 is 14.2 Å². The molecule has 118 valence electrons. The van der Waals surface area contributed by atoms with E-state index in [4.69, 9.17) is 4.74 Å². The van der Waals surface area contributed by atoms with E-state index in [1.165, 1.54) is 0 Å². The third-order valence-corrected chi connectivity index (χ3v) is 3.83. The molecule has 1 atom stereocenters. The predicted molar refractivity (Wildman–Crippen MR) is 85.8 cm³/mol. The molecule has 0 bridgehead atoms. The standard InChI is InChI=1S/C17H23N3O2/c1-11-6-7-13-8-14-10-19(16(21)22-17(3,4)5)9-12(2)20(14)15(13)18-11/h6-8,12H,9-10H2,1-5H3/t12-/m1/s1. The van der Waals surface area contributed by atoms with E-state index >= 15 is 0 Å². The summed E-state index contributed by atoms with van der Waals surface area (Å²) in [6, 6.07) is 6.41. The van der Waals surface area contributed by atoms with E-state index in [9.17, 15) is 4.79 Å². The average molecular weight is 301 g/mol. The van der Waals surface area contributed by atoms with E-state index in [2.05, 4.69) is 28.6 Å². The SMILES string of the molecule is Cc1ccc2cc3n(c2n1)[C@H](C)CN(C(=O)OC(C)(C)C)C3. The molecule has 3 rings (SSSR count). The fourth-order valence-corrected chi connectivity index (χ4v) is 2.98. The molecule has 22 heavy (non-hydrogen) atoms. The molecule has 0 aromatic carbocycles. The van der Waals surface area contributed by atoms with Crippen molar-refractivity contribution in [2.75, 3.05) is 6.54 Å². The van der Waals surface area contributed by atoms with Gasteiger partial charge in [-0.25, -0.2) is 9.78 Å². The number of rotatable bonds is 0. The van der Waals surface area contributed by atoms with E-state index in [1.807, 2.05) is 33.8 Å². The second kappa shape index (κ2) is 5.00. The quantitative estimate of drug-likeness (QED) is 0.746. The Hall–Kier alpha value is -2.04. The molecule has 5 nitrogen and oxygen atoms in total. The van der Waals surface area contributed by atoms with Crippen LogP contribution >= 0.6 is 0 Å². The molecular weight excluding hydrogens is 278 g/mol. The highest BCUT2D eigenvalue weighted by atomic mass is 16.6. The van der Waals surface area contributed by atoms with Gasteiger partial charge in [-0.3, -0.25) is 0 Å². The maximum Gasteiger partial charge on any atom is 0.410 e. The van der Waals surface area contributed by atoms with E-state index in [-0.39, 0.29) is 12.1 Å². The van der Waals surface area contributed by atoms with Gasteiger partial charge in [0, 0.05) is 23.3 Å². The lowest BCUT2D eigenvalue weighted by molar-refractivity contribution is 0.0175. The first-order chi connectivity index (χ1) is 10.2. The summed E-state index contributed by atoms with van der Waals surface area (Å²) in [5.41, 5.74) is 2.66. The summed E-state index contributed by atoms with van der Waals surface area (Å²) >= 11 is 0. The minimum absolute atomic E-state index is 0.183. The van der Waals surface area contributed by atoms with Crippen LogP contribution in [-0.4, -0.2) is 32.7 Å². The molecule has 1 aliphatic heterocycles. The zero-order chi connectivity index (χ0) is 16.1. The van der Waals surface area contributed by atoms with E-state index < -0.39 is 5.60 Å². The van der Waals surface area contributed by atoms with E-state index in [1.54, 1.807) is 4.90 Å². The van der Waals surface area contributed by atoms with Crippen molar-refractivity contribution in [2.24, 2.45) is 0 Å². The van der Waals surface area contributed by atoms with Crippen molar-refractivity contribution < 1.29 is 9.53 Å². The van der Waals surface area contributed by atoms with Crippen LogP contribution in [-0.2, 0) is 11.3 Å². The summed E-state index contributed by atoms with van der Waals surface area (Å²) in [5.74, 6) is 0. The van der Waals surface area contributed by atoms with Crippen molar-refractivity contribution in [3.8, 4) is 0 Å².